The maximum Gasteiger partial charge on any atom is 0.472 e. The topological polar surface area (TPSA) is 210 Å². The van der Waals surface area contributed by atoms with Crippen LogP contribution in [0.3, 0.4) is 0 Å². The summed E-state index contributed by atoms with van der Waals surface area (Å²) in [6.45, 7) is 3.15. The predicted molar refractivity (Wildman–Crippen MR) is 221 cm³/mol. The second kappa shape index (κ2) is 33.9. The molecule has 1 fully saturated rings. The van der Waals surface area contributed by atoms with Crippen LogP contribution in [0.4, 0.5) is 0 Å². The first-order chi connectivity index (χ1) is 27.4. The quantitative estimate of drug-likeness (QED) is 0.0156. The van der Waals surface area contributed by atoms with E-state index in [1.165, 1.54) is 70.6 Å². The van der Waals surface area contributed by atoms with Gasteiger partial charge in [-0.25, -0.2) is 4.57 Å². The number of aliphatic hydroxyl groups excluding tert-OH is 5. The number of carbonyl (C=O) groups is 2. The predicted octanol–water partition coefficient (Wildman–Crippen LogP) is 7.83. The number of hydrogen-bond acceptors (Lipinski definition) is 12. The van der Waals surface area contributed by atoms with Crippen molar-refractivity contribution >= 4 is 19.8 Å². The van der Waals surface area contributed by atoms with Crippen molar-refractivity contribution in [3.8, 4) is 0 Å². The van der Waals surface area contributed by atoms with E-state index >= 15 is 0 Å². The number of hydrogen-bond donors (Lipinski definition) is 6. The lowest BCUT2D eigenvalue weighted by Gasteiger charge is -2.41. The average molecular weight is 833 g/mol. The molecule has 6 unspecified atom stereocenters. The maximum atomic E-state index is 12.8. The van der Waals surface area contributed by atoms with E-state index in [0.717, 1.165) is 57.8 Å². The summed E-state index contributed by atoms with van der Waals surface area (Å²) in [7, 11) is -5.12. The number of carbonyl (C=O) groups excluding carboxylic acids is 2. The van der Waals surface area contributed by atoms with E-state index in [0.29, 0.717) is 12.8 Å². The standard InChI is InChI=1S/C43H77O13P/c1-3-5-7-9-11-13-15-17-18-20-21-23-25-27-29-31-36(44)53-33-35(34-54-57(51,52)56-43-41(49)39(47)38(46)40(48)42(43)50)55-37(45)32-30-28-26-24-22-19-16-14-12-10-8-6-4-2/h6,8,12,14,19,22,35,38-43,46-50H,3-5,7,9-11,13,15-18,20-21,23-34H2,1-2H3,(H,51,52)/b8-6-,14-12-,22-19-. The SMILES string of the molecule is CC/C=C\C/C=C\C/C=C\CCCCCC(=O)OC(COC(=O)CCCCCCCCCCCCCCCCC)COP(=O)(O)OC1C(O)C(O)C(O)C(O)C1O. The van der Waals surface area contributed by atoms with Crippen molar-refractivity contribution in [3.63, 3.8) is 0 Å². The minimum atomic E-state index is -5.12. The first kappa shape index (κ1) is 53.1. The van der Waals surface area contributed by atoms with Gasteiger partial charge in [0.2, 0.25) is 0 Å². The first-order valence-corrected chi connectivity index (χ1v) is 23.3. The van der Waals surface area contributed by atoms with E-state index in [4.69, 9.17) is 18.5 Å². The minimum Gasteiger partial charge on any atom is -0.462 e. The molecule has 1 aliphatic carbocycles. The molecule has 0 aliphatic heterocycles. The second-order valence-corrected chi connectivity index (χ2v) is 16.6. The minimum absolute atomic E-state index is 0.0626. The Labute approximate surface area is 342 Å². The molecule has 1 rings (SSSR count). The number of phosphoric ester groups is 1. The molecule has 1 aliphatic rings. The van der Waals surface area contributed by atoms with Crippen LogP contribution in [-0.4, -0.2) is 98.3 Å². The second-order valence-electron chi connectivity index (χ2n) is 15.2. The molecule has 6 N–H and O–H groups in total. The molecular weight excluding hydrogens is 755 g/mol. The molecule has 0 radical (unpaired) electrons. The van der Waals surface area contributed by atoms with Crippen molar-refractivity contribution in [2.75, 3.05) is 13.2 Å². The van der Waals surface area contributed by atoms with Crippen molar-refractivity contribution in [2.24, 2.45) is 0 Å². The van der Waals surface area contributed by atoms with E-state index in [1.807, 2.05) is 0 Å². The molecule has 0 spiro atoms. The number of unbranched alkanes of at least 4 members (excludes halogenated alkanes) is 17. The number of phosphoric acid groups is 1. The van der Waals surface area contributed by atoms with Crippen molar-refractivity contribution in [2.45, 2.75) is 211 Å². The van der Waals surface area contributed by atoms with Crippen LogP contribution in [-0.2, 0) is 32.7 Å². The molecule has 1 saturated carbocycles. The average Bonchev–Trinajstić information content (AvgIpc) is 3.19. The molecule has 0 saturated heterocycles. The van der Waals surface area contributed by atoms with Crippen LogP contribution in [0, 0.1) is 0 Å². The third-order valence-electron chi connectivity index (χ3n) is 10.00. The Hall–Kier alpha value is -1.93. The van der Waals surface area contributed by atoms with Gasteiger partial charge in [-0.15, -0.1) is 0 Å². The lowest BCUT2D eigenvalue weighted by molar-refractivity contribution is -0.220. The number of esters is 2. The molecule has 6 atom stereocenters. The van der Waals surface area contributed by atoms with Crippen LogP contribution in [0.2, 0.25) is 0 Å². The third kappa shape index (κ3) is 26.7. The first-order valence-electron chi connectivity index (χ1n) is 21.8. The monoisotopic (exact) mass is 833 g/mol. The summed E-state index contributed by atoms with van der Waals surface area (Å²) in [5.74, 6) is -1.13. The Balaban J connectivity index is 2.50. The fourth-order valence-electron chi connectivity index (χ4n) is 6.48. The normalized spacial score (nSPS) is 23.0. The summed E-state index contributed by atoms with van der Waals surface area (Å²) in [6, 6.07) is 0. The van der Waals surface area contributed by atoms with Crippen molar-refractivity contribution in [1.29, 1.82) is 0 Å². The molecular formula is C43H77O13P. The van der Waals surface area contributed by atoms with Crippen LogP contribution >= 0.6 is 7.82 Å². The summed E-state index contributed by atoms with van der Waals surface area (Å²) in [5, 5.41) is 50.0. The van der Waals surface area contributed by atoms with Gasteiger partial charge in [-0.1, -0.05) is 147 Å². The van der Waals surface area contributed by atoms with Crippen LogP contribution < -0.4 is 0 Å². The largest absolute Gasteiger partial charge is 0.472 e. The lowest BCUT2D eigenvalue weighted by atomic mass is 9.85. The lowest BCUT2D eigenvalue weighted by Crippen LogP contribution is -2.64. The molecule has 0 bridgehead atoms. The van der Waals surface area contributed by atoms with E-state index in [1.54, 1.807) is 0 Å². The molecule has 14 heteroatoms. The Kier molecular flexibility index (Phi) is 31.5. The Morgan fingerprint density at radius 3 is 1.53 bits per heavy atom. The molecule has 0 aromatic heterocycles. The van der Waals surface area contributed by atoms with E-state index in [-0.39, 0.29) is 12.8 Å². The molecule has 57 heavy (non-hydrogen) atoms. The zero-order valence-electron chi connectivity index (χ0n) is 34.9. The maximum absolute atomic E-state index is 12.8. The van der Waals surface area contributed by atoms with Gasteiger partial charge in [0.25, 0.3) is 0 Å². The molecule has 0 heterocycles. The molecule has 332 valence electrons. The van der Waals surface area contributed by atoms with Crippen LogP contribution in [0.25, 0.3) is 0 Å². The third-order valence-corrected chi connectivity index (χ3v) is 11.0. The van der Waals surface area contributed by atoms with E-state index in [9.17, 15) is 44.6 Å². The fraction of sp³-hybridized carbons (Fsp3) is 0.814. The summed E-state index contributed by atoms with van der Waals surface area (Å²) in [4.78, 5) is 35.6. The highest BCUT2D eigenvalue weighted by atomic mass is 31.2. The highest BCUT2D eigenvalue weighted by Gasteiger charge is 2.51. The number of ether oxygens (including phenoxy) is 2. The Morgan fingerprint density at radius 1 is 0.561 bits per heavy atom. The van der Waals surface area contributed by atoms with Gasteiger partial charge in [0.1, 0.15) is 43.2 Å². The van der Waals surface area contributed by atoms with Gasteiger partial charge in [0.15, 0.2) is 6.10 Å². The Morgan fingerprint density at radius 2 is 1.00 bits per heavy atom. The summed E-state index contributed by atoms with van der Waals surface area (Å²) < 4.78 is 33.4. The van der Waals surface area contributed by atoms with Gasteiger partial charge in [-0.3, -0.25) is 18.6 Å². The van der Waals surface area contributed by atoms with Crippen LogP contribution in [0.1, 0.15) is 168 Å². The molecule has 13 nitrogen and oxygen atoms in total. The Bertz CT molecular complexity index is 1150. The number of allylic oxidation sites excluding steroid dienone is 6. The van der Waals surface area contributed by atoms with Gasteiger partial charge in [0.05, 0.1) is 6.61 Å². The van der Waals surface area contributed by atoms with Gasteiger partial charge < -0.3 is 39.9 Å². The number of aliphatic hydroxyl groups is 5. The van der Waals surface area contributed by atoms with E-state index in [2.05, 4.69) is 50.3 Å². The van der Waals surface area contributed by atoms with Crippen molar-refractivity contribution in [3.05, 3.63) is 36.5 Å². The van der Waals surface area contributed by atoms with Crippen LogP contribution in [0.15, 0.2) is 36.5 Å². The zero-order chi connectivity index (χ0) is 42.2. The highest BCUT2D eigenvalue weighted by molar-refractivity contribution is 7.47. The smallest absolute Gasteiger partial charge is 0.462 e. The zero-order valence-corrected chi connectivity index (χ0v) is 35.8. The van der Waals surface area contributed by atoms with Crippen LogP contribution in [0.5, 0.6) is 0 Å². The van der Waals surface area contributed by atoms with Gasteiger partial charge in [-0.05, 0) is 44.9 Å². The summed E-state index contributed by atoms with van der Waals surface area (Å²) in [5.41, 5.74) is 0. The molecule has 0 aromatic rings. The van der Waals surface area contributed by atoms with Crippen molar-refractivity contribution in [1.82, 2.24) is 0 Å². The fourth-order valence-corrected chi connectivity index (χ4v) is 7.45. The van der Waals surface area contributed by atoms with Crippen molar-refractivity contribution < 1.29 is 63.1 Å². The summed E-state index contributed by atoms with van der Waals surface area (Å²) in [6.07, 6.45) is 23.5. The molecule has 0 amide bonds. The summed E-state index contributed by atoms with van der Waals surface area (Å²) >= 11 is 0. The number of rotatable bonds is 35. The van der Waals surface area contributed by atoms with E-state index < -0.39 is 75.7 Å². The molecule has 0 aromatic carbocycles. The van der Waals surface area contributed by atoms with Gasteiger partial charge >= 0.3 is 19.8 Å². The van der Waals surface area contributed by atoms with Gasteiger partial charge in [0, 0.05) is 12.8 Å². The highest BCUT2D eigenvalue weighted by Crippen LogP contribution is 2.47. The van der Waals surface area contributed by atoms with Gasteiger partial charge in [-0.2, -0.15) is 0 Å².